The Morgan fingerprint density at radius 1 is 1.00 bits per heavy atom. The van der Waals surface area contributed by atoms with Gasteiger partial charge in [0, 0.05) is 22.9 Å². The quantitative estimate of drug-likeness (QED) is 0.752. The summed E-state index contributed by atoms with van der Waals surface area (Å²) >= 11 is 3.44. The van der Waals surface area contributed by atoms with Gasteiger partial charge in [-0.1, -0.05) is 28.1 Å². The molecule has 0 amide bonds. The number of rotatable bonds is 2. The van der Waals surface area contributed by atoms with Gasteiger partial charge in [-0.05, 0) is 43.2 Å². The van der Waals surface area contributed by atoms with E-state index < -0.39 is 0 Å². The number of aromatic nitrogens is 1. The minimum atomic E-state index is 0.522. The van der Waals surface area contributed by atoms with Crippen LogP contribution in [0.3, 0.4) is 0 Å². The van der Waals surface area contributed by atoms with E-state index in [1.54, 1.807) is 0 Å². The van der Waals surface area contributed by atoms with Gasteiger partial charge in [-0.25, -0.2) is 0 Å². The van der Waals surface area contributed by atoms with Crippen LogP contribution in [0, 0.1) is 0 Å². The standard InChI is InChI=1S/C13H14BrN/c1-10(2)15-8-7-12(9-15)11-3-5-13(14)6-4-11/h3-10H,1-2H3. The molecule has 15 heavy (non-hydrogen) atoms. The maximum Gasteiger partial charge on any atom is 0.0274 e. The molecule has 78 valence electrons. The third-order valence-electron chi connectivity index (χ3n) is 2.49. The Hall–Kier alpha value is -1.02. The van der Waals surface area contributed by atoms with E-state index in [1.807, 2.05) is 0 Å². The Labute approximate surface area is 98.9 Å². The highest BCUT2D eigenvalue weighted by Gasteiger charge is 2.01. The van der Waals surface area contributed by atoms with Crippen LogP contribution < -0.4 is 0 Å². The van der Waals surface area contributed by atoms with E-state index in [4.69, 9.17) is 0 Å². The normalized spacial score (nSPS) is 10.9. The fraction of sp³-hybridized carbons (Fsp3) is 0.231. The zero-order valence-corrected chi connectivity index (χ0v) is 10.5. The van der Waals surface area contributed by atoms with Crippen molar-refractivity contribution in [2.24, 2.45) is 0 Å². The Balaban J connectivity index is 2.33. The van der Waals surface area contributed by atoms with Crippen LogP contribution in [0.15, 0.2) is 47.2 Å². The van der Waals surface area contributed by atoms with Gasteiger partial charge in [-0.2, -0.15) is 0 Å². The van der Waals surface area contributed by atoms with Crippen LogP contribution >= 0.6 is 15.9 Å². The lowest BCUT2D eigenvalue weighted by Gasteiger charge is -2.05. The molecule has 0 aliphatic carbocycles. The van der Waals surface area contributed by atoms with Crippen molar-refractivity contribution < 1.29 is 0 Å². The molecule has 1 aromatic heterocycles. The van der Waals surface area contributed by atoms with Crippen molar-refractivity contribution in [3.63, 3.8) is 0 Å². The zero-order chi connectivity index (χ0) is 10.8. The first kappa shape index (κ1) is 10.5. The van der Waals surface area contributed by atoms with Gasteiger partial charge < -0.3 is 4.57 Å². The molecular weight excluding hydrogens is 250 g/mol. The molecule has 2 heteroatoms. The summed E-state index contributed by atoms with van der Waals surface area (Å²) in [5.74, 6) is 0. The van der Waals surface area contributed by atoms with Crippen LogP contribution in [-0.2, 0) is 0 Å². The first-order chi connectivity index (χ1) is 7.16. The van der Waals surface area contributed by atoms with Crippen molar-refractivity contribution in [2.75, 3.05) is 0 Å². The van der Waals surface area contributed by atoms with E-state index in [0.717, 1.165) is 4.47 Å². The maximum absolute atomic E-state index is 3.44. The molecule has 2 rings (SSSR count). The fourth-order valence-corrected chi connectivity index (χ4v) is 1.81. The molecule has 0 saturated heterocycles. The lowest BCUT2D eigenvalue weighted by Crippen LogP contribution is -1.95. The number of nitrogens with zero attached hydrogens (tertiary/aromatic N) is 1. The van der Waals surface area contributed by atoms with Crippen LogP contribution in [0.25, 0.3) is 11.1 Å². The summed E-state index contributed by atoms with van der Waals surface area (Å²) in [4.78, 5) is 0. The predicted molar refractivity (Wildman–Crippen MR) is 68.0 cm³/mol. The van der Waals surface area contributed by atoms with Crippen LogP contribution in [0.1, 0.15) is 19.9 Å². The summed E-state index contributed by atoms with van der Waals surface area (Å²) in [7, 11) is 0. The second kappa shape index (κ2) is 4.23. The van der Waals surface area contributed by atoms with Crippen LogP contribution in [0.5, 0.6) is 0 Å². The minimum Gasteiger partial charge on any atom is -0.351 e. The largest absolute Gasteiger partial charge is 0.351 e. The smallest absolute Gasteiger partial charge is 0.0274 e. The topological polar surface area (TPSA) is 4.93 Å². The highest BCUT2D eigenvalue weighted by atomic mass is 79.9. The van der Waals surface area contributed by atoms with Gasteiger partial charge in [0.2, 0.25) is 0 Å². The second-order valence-corrected chi connectivity index (χ2v) is 4.86. The molecule has 0 unspecified atom stereocenters. The minimum absolute atomic E-state index is 0.522. The van der Waals surface area contributed by atoms with E-state index in [-0.39, 0.29) is 0 Å². The van der Waals surface area contributed by atoms with E-state index in [0.29, 0.717) is 6.04 Å². The average Bonchev–Trinajstić information content (AvgIpc) is 2.68. The van der Waals surface area contributed by atoms with Gasteiger partial charge in [0.05, 0.1) is 0 Å². The number of halogens is 1. The van der Waals surface area contributed by atoms with Crippen molar-refractivity contribution in [3.8, 4) is 11.1 Å². The van der Waals surface area contributed by atoms with Crippen molar-refractivity contribution in [3.05, 3.63) is 47.2 Å². The summed E-state index contributed by atoms with van der Waals surface area (Å²) in [6, 6.07) is 11.1. The van der Waals surface area contributed by atoms with E-state index in [9.17, 15) is 0 Å². The summed E-state index contributed by atoms with van der Waals surface area (Å²) in [6.07, 6.45) is 4.32. The fourth-order valence-electron chi connectivity index (χ4n) is 1.55. The van der Waals surface area contributed by atoms with Crippen LogP contribution in [0.4, 0.5) is 0 Å². The summed E-state index contributed by atoms with van der Waals surface area (Å²) in [5, 5.41) is 0. The molecule has 0 atom stereocenters. The monoisotopic (exact) mass is 263 g/mol. The highest BCUT2D eigenvalue weighted by molar-refractivity contribution is 9.10. The molecule has 0 spiro atoms. The predicted octanol–water partition coefficient (Wildman–Crippen LogP) is 4.50. The highest BCUT2D eigenvalue weighted by Crippen LogP contribution is 2.23. The molecule has 0 aliphatic heterocycles. The molecule has 1 nitrogen and oxygen atoms in total. The zero-order valence-electron chi connectivity index (χ0n) is 8.94. The average molecular weight is 264 g/mol. The molecule has 1 aromatic carbocycles. The van der Waals surface area contributed by atoms with E-state index in [2.05, 4.69) is 77.1 Å². The molecule has 1 heterocycles. The maximum atomic E-state index is 3.44. The van der Waals surface area contributed by atoms with Gasteiger partial charge >= 0.3 is 0 Å². The Kier molecular flexibility index (Phi) is 2.96. The van der Waals surface area contributed by atoms with Crippen LogP contribution in [-0.4, -0.2) is 4.57 Å². The SMILES string of the molecule is CC(C)n1ccc(-c2ccc(Br)cc2)c1. The molecule has 0 fully saturated rings. The van der Waals surface area contributed by atoms with Gasteiger partial charge in [-0.3, -0.25) is 0 Å². The molecule has 0 aliphatic rings. The number of hydrogen-bond acceptors (Lipinski definition) is 0. The number of benzene rings is 1. The third kappa shape index (κ3) is 2.32. The van der Waals surface area contributed by atoms with E-state index >= 15 is 0 Å². The first-order valence-electron chi connectivity index (χ1n) is 5.10. The van der Waals surface area contributed by atoms with Crippen molar-refractivity contribution in [1.82, 2.24) is 4.57 Å². The Morgan fingerprint density at radius 2 is 1.67 bits per heavy atom. The van der Waals surface area contributed by atoms with Gasteiger partial charge in [0.15, 0.2) is 0 Å². The molecule has 0 saturated carbocycles. The number of hydrogen-bond donors (Lipinski definition) is 0. The molecule has 0 radical (unpaired) electrons. The lowest BCUT2D eigenvalue weighted by molar-refractivity contribution is 0.604. The summed E-state index contributed by atoms with van der Waals surface area (Å²) < 4.78 is 3.34. The van der Waals surface area contributed by atoms with Crippen molar-refractivity contribution in [2.45, 2.75) is 19.9 Å². The van der Waals surface area contributed by atoms with Crippen molar-refractivity contribution >= 4 is 15.9 Å². The lowest BCUT2D eigenvalue weighted by atomic mass is 10.1. The van der Waals surface area contributed by atoms with Gasteiger partial charge in [0.25, 0.3) is 0 Å². The van der Waals surface area contributed by atoms with Gasteiger partial charge in [-0.15, -0.1) is 0 Å². The first-order valence-corrected chi connectivity index (χ1v) is 5.89. The molecule has 0 N–H and O–H groups in total. The Morgan fingerprint density at radius 3 is 2.20 bits per heavy atom. The second-order valence-electron chi connectivity index (χ2n) is 3.95. The molecular formula is C13H14BrN. The van der Waals surface area contributed by atoms with Crippen LogP contribution in [0.2, 0.25) is 0 Å². The van der Waals surface area contributed by atoms with Crippen molar-refractivity contribution in [1.29, 1.82) is 0 Å². The molecule has 0 bridgehead atoms. The molecule has 2 aromatic rings. The van der Waals surface area contributed by atoms with Gasteiger partial charge in [0.1, 0.15) is 0 Å². The summed E-state index contributed by atoms with van der Waals surface area (Å²) in [6.45, 7) is 4.37. The Bertz CT molecular complexity index is 440. The summed E-state index contributed by atoms with van der Waals surface area (Å²) in [5.41, 5.74) is 2.54. The van der Waals surface area contributed by atoms with E-state index in [1.165, 1.54) is 11.1 Å². The third-order valence-corrected chi connectivity index (χ3v) is 3.02.